The Hall–Kier alpha value is -1.23. The van der Waals surface area contributed by atoms with E-state index < -0.39 is 0 Å². The minimum Gasteiger partial charge on any atom is -0.388 e. The maximum atomic E-state index is 5.59. The van der Waals surface area contributed by atoms with Crippen LogP contribution in [0.4, 0.5) is 5.82 Å². The van der Waals surface area contributed by atoms with E-state index in [4.69, 9.17) is 18.0 Å². The molecule has 1 aromatic heterocycles. The summed E-state index contributed by atoms with van der Waals surface area (Å²) in [6.45, 7) is 8.56. The van der Waals surface area contributed by atoms with E-state index in [2.05, 4.69) is 43.0 Å². The van der Waals surface area contributed by atoms with E-state index in [-0.39, 0.29) is 16.4 Å². The average Bonchev–Trinajstić information content (AvgIpc) is 2.16. The molecule has 3 N–H and O–H groups in total. The van der Waals surface area contributed by atoms with Gasteiger partial charge < -0.3 is 11.1 Å². The first-order valence-corrected chi connectivity index (χ1v) is 5.60. The van der Waals surface area contributed by atoms with Crippen molar-refractivity contribution < 1.29 is 0 Å². The van der Waals surface area contributed by atoms with Crippen LogP contribution in [0.1, 0.15) is 33.4 Å². The monoisotopic (exact) mass is 238 g/mol. The molecule has 1 atom stereocenters. The second-order valence-corrected chi connectivity index (χ2v) is 5.29. The van der Waals surface area contributed by atoms with Crippen LogP contribution in [0.15, 0.2) is 12.4 Å². The standard InChI is InChI=1S/C11H18N4S/c1-7(11(2,3)4)15-10-8(9(12)16)13-5-6-14-10/h5-7H,1-4H3,(H2,12,16)(H,14,15). The molecule has 0 saturated heterocycles. The van der Waals surface area contributed by atoms with Gasteiger partial charge in [-0.1, -0.05) is 33.0 Å². The Kier molecular flexibility index (Phi) is 3.80. The lowest BCUT2D eigenvalue weighted by Crippen LogP contribution is -2.32. The predicted molar refractivity (Wildman–Crippen MR) is 70.5 cm³/mol. The predicted octanol–water partition coefficient (Wildman–Crippen LogP) is 1.96. The molecule has 88 valence electrons. The molecule has 0 aliphatic heterocycles. The van der Waals surface area contributed by atoms with Crippen LogP contribution < -0.4 is 11.1 Å². The average molecular weight is 238 g/mol. The fraction of sp³-hybridized carbons (Fsp3) is 0.545. The van der Waals surface area contributed by atoms with Crippen LogP contribution in [0.5, 0.6) is 0 Å². The van der Waals surface area contributed by atoms with Crippen LogP contribution in [0.2, 0.25) is 0 Å². The number of anilines is 1. The number of nitrogens with two attached hydrogens (primary N) is 1. The molecule has 16 heavy (non-hydrogen) atoms. The zero-order valence-electron chi connectivity index (χ0n) is 10.1. The molecule has 4 nitrogen and oxygen atoms in total. The van der Waals surface area contributed by atoms with E-state index in [1.54, 1.807) is 12.4 Å². The summed E-state index contributed by atoms with van der Waals surface area (Å²) in [6.07, 6.45) is 3.21. The quantitative estimate of drug-likeness (QED) is 0.788. The molecule has 5 heteroatoms. The SMILES string of the molecule is CC(Nc1nccnc1C(N)=S)C(C)(C)C. The first kappa shape index (κ1) is 12.8. The van der Waals surface area contributed by atoms with Gasteiger partial charge in [0.15, 0.2) is 5.82 Å². The summed E-state index contributed by atoms with van der Waals surface area (Å²) in [5.41, 5.74) is 6.27. The molecule has 0 saturated carbocycles. The lowest BCUT2D eigenvalue weighted by Gasteiger charge is -2.28. The molecular formula is C11H18N4S. The highest BCUT2D eigenvalue weighted by Gasteiger charge is 2.21. The van der Waals surface area contributed by atoms with Crippen molar-refractivity contribution >= 4 is 23.0 Å². The van der Waals surface area contributed by atoms with Crippen molar-refractivity contribution in [2.45, 2.75) is 33.7 Å². The molecule has 0 fully saturated rings. The van der Waals surface area contributed by atoms with Gasteiger partial charge in [0, 0.05) is 18.4 Å². The van der Waals surface area contributed by atoms with Crippen molar-refractivity contribution in [3.63, 3.8) is 0 Å². The molecular weight excluding hydrogens is 220 g/mol. The van der Waals surface area contributed by atoms with Crippen LogP contribution in [-0.2, 0) is 0 Å². The van der Waals surface area contributed by atoms with Gasteiger partial charge in [0.25, 0.3) is 0 Å². The Balaban J connectivity index is 2.93. The minimum absolute atomic E-state index is 0.130. The van der Waals surface area contributed by atoms with Crippen LogP contribution in [0, 0.1) is 5.41 Å². The van der Waals surface area contributed by atoms with E-state index in [1.165, 1.54) is 0 Å². The summed E-state index contributed by atoms with van der Waals surface area (Å²) < 4.78 is 0. The van der Waals surface area contributed by atoms with Gasteiger partial charge in [-0.05, 0) is 12.3 Å². The number of rotatable bonds is 3. The maximum Gasteiger partial charge on any atom is 0.155 e. The number of nitrogens with zero attached hydrogens (tertiary/aromatic N) is 2. The number of nitrogens with one attached hydrogen (secondary N) is 1. The molecule has 0 spiro atoms. The first-order valence-electron chi connectivity index (χ1n) is 5.19. The van der Waals surface area contributed by atoms with Gasteiger partial charge in [-0.15, -0.1) is 0 Å². The molecule has 1 unspecified atom stereocenters. The van der Waals surface area contributed by atoms with Crippen molar-refractivity contribution in [3.8, 4) is 0 Å². The molecule has 0 radical (unpaired) electrons. The summed E-state index contributed by atoms with van der Waals surface area (Å²) >= 11 is 4.93. The van der Waals surface area contributed by atoms with Crippen molar-refractivity contribution in [2.75, 3.05) is 5.32 Å². The van der Waals surface area contributed by atoms with Crippen molar-refractivity contribution in [1.29, 1.82) is 0 Å². The lowest BCUT2D eigenvalue weighted by atomic mass is 9.88. The van der Waals surface area contributed by atoms with Crippen molar-refractivity contribution in [3.05, 3.63) is 18.1 Å². The molecule has 0 bridgehead atoms. The zero-order valence-corrected chi connectivity index (χ0v) is 10.9. The smallest absolute Gasteiger partial charge is 0.155 e. The van der Waals surface area contributed by atoms with E-state index in [0.29, 0.717) is 11.5 Å². The topological polar surface area (TPSA) is 63.8 Å². The van der Waals surface area contributed by atoms with Gasteiger partial charge in [-0.2, -0.15) is 0 Å². The summed E-state index contributed by atoms with van der Waals surface area (Å²) in [4.78, 5) is 8.60. The van der Waals surface area contributed by atoms with Crippen LogP contribution in [0.3, 0.4) is 0 Å². The summed E-state index contributed by atoms with van der Waals surface area (Å²) in [6, 6.07) is 0.247. The highest BCUT2D eigenvalue weighted by atomic mass is 32.1. The van der Waals surface area contributed by atoms with Crippen LogP contribution >= 0.6 is 12.2 Å². The molecule has 0 aliphatic rings. The van der Waals surface area contributed by atoms with E-state index in [0.717, 1.165) is 0 Å². The summed E-state index contributed by atoms with van der Waals surface area (Å²) in [7, 11) is 0. The maximum absolute atomic E-state index is 5.59. The molecule has 0 amide bonds. The summed E-state index contributed by atoms with van der Waals surface area (Å²) in [5, 5.41) is 3.29. The highest BCUT2D eigenvalue weighted by Crippen LogP contribution is 2.22. The van der Waals surface area contributed by atoms with Crippen LogP contribution in [-0.4, -0.2) is 21.0 Å². The Labute approximate surface area is 102 Å². The van der Waals surface area contributed by atoms with E-state index in [1.807, 2.05) is 0 Å². The number of thiocarbonyl (C=S) groups is 1. The Morgan fingerprint density at radius 2 is 1.94 bits per heavy atom. The largest absolute Gasteiger partial charge is 0.388 e. The minimum atomic E-state index is 0.130. The molecule has 0 aliphatic carbocycles. The van der Waals surface area contributed by atoms with Gasteiger partial charge in [-0.25, -0.2) is 9.97 Å². The normalized spacial score (nSPS) is 13.2. The molecule has 1 heterocycles. The second kappa shape index (κ2) is 4.74. The van der Waals surface area contributed by atoms with Gasteiger partial charge in [0.2, 0.25) is 0 Å². The Morgan fingerprint density at radius 3 is 2.44 bits per heavy atom. The van der Waals surface area contributed by atoms with Crippen molar-refractivity contribution in [2.24, 2.45) is 11.1 Å². The van der Waals surface area contributed by atoms with E-state index >= 15 is 0 Å². The zero-order chi connectivity index (χ0) is 12.3. The van der Waals surface area contributed by atoms with Crippen molar-refractivity contribution in [1.82, 2.24) is 9.97 Å². The van der Waals surface area contributed by atoms with Gasteiger partial charge in [0.1, 0.15) is 10.7 Å². The molecule has 1 aromatic rings. The fourth-order valence-electron chi connectivity index (χ4n) is 1.05. The number of hydrogen-bond donors (Lipinski definition) is 2. The number of aromatic nitrogens is 2. The first-order chi connectivity index (χ1) is 7.32. The lowest BCUT2D eigenvalue weighted by molar-refractivity contribution is 0.358. The van der Waals surface area contributed by atoms with Crippen LogP contribution in [0.25, 0.3) is 0 Å². The van der Waals surface area contributed by atoms with Gasteiger partial charge in [0.05, 0.1) is 0 Å². The Bertz CT molecular complexity index is 384. The van der Waals surface area contributed by atoms with Gasteiger partial charge >= 0.3 is 0 Å². The third kappa shape index (κ3) is 3.13. The highest BCUT2D eigenvalue weighted by molar-refractivity contribution is 7.80. The third-order valence-corrected chi connectivity index (χ3v) is 2.78. The van der Waals surface area contributed by atoms with E-state index in [9.17, 15) is 0 Å². The Morgan fingerprint density at radius 1 is 1.38 bits per heavy atom. The summed E-state index contributed by atoms with van der Waals surface area (Å²) in [5.74, 6) is 0.650. The van der Waals surface area contributed by atoms with Gasteiger partial charge in [-0.3, -0.25) is 0 Å². The molecule has 1 rings (SSSR count). The number of hydrogen-bond acceptors (Lipinski definition) is 4. The molecule has 0 aromatic carbocycles. The second-order valence-electron chi connectivity index (χ2n) is 4.85. The fourth-order valence-corrected chi connectivity index (χ4v) is 1.19. The third-order valence-electron chi connectivity index (χ3n) is 2.58.